The Morgan fingerprint density at radius 1 is 0.900 bits per heavy atom. The lowest BCUT2D eigenvalue weighted by atomic mass is 10.1. The highest BCUT2D eigenvalue weighted by Gasteiger charge is 2.27. The van der Waals surface area contributed by atoms with Crippen LogP contribution in [-0.4, -0.2) is 54.4 Å². The van der Waals surface area contributed by atoms with Crippen LogP contribution in [0.5, 0.6) is 5.75 Å². The quantitative estimate of drug-likeness (QED) is 0.633. The van der Waals surface area contributed by atoms with Crippen molar-refractivity contribution in [2.75, 3.05) is 32.8 Å². The van der Waals surface area contributed by atoms with Crippen molar-refractivity contribution in [1.82, 2.24) is 9.80 Å². The van der Waals surface area contributed by atoms with Crippen molar-refractivity contribution in [2.24, 2.45) is 0 Å². The molecule has 154 valence electrons. The van der Waals surface area contributed by atoms with Gasteiger partial charge in [-0.05, 0) is 23.6 Å². The van der Waals surface area contributed by atoms with Crippen LogP contribution < -0.4 is 4.74 Å². The second-order valence-electron chi connectivity index (χ2n) is 7.04. The molecule has 3 aromatic carbocycles. The van der Waals surface area contributed by atoms with Crippen LogP contribution >= 0.6 is 11.6 Å². The maximum Gasteiger partial charge on any atom is 0.260 e. The minimum absolute atomic E-state index is 0.0822. The molecule has 0 atom stereocenters. The van der Waals surface area contributed by atoms with E-state index < -0.39 is 11.7 Å². The third kappa shape index (κ3) is 4.09. The molecule has 1 fully saturated rings. The van der Waals surface area contributed by atoms with Gasteiger partial charge in [0.25, 0.3) is 11.8 Å². The van der Waals surface area contributed by atoms with Crippen LogP contribution in [0.3, 0.4) is 0 Å². The molecule has 0 aliphatic carbocycles. The topological polar surface area (TPSA) is 49.9 Å². The van der Waals surface area contributed by atoms with Crippen molar-refractivity contribution in [1.29, 1.82) is 0 Å². The van der Waals surface area contributed by atoms with E-state index in [0.717, 1.165) is 10.8 Å². The number of piperazine rings is 1. The largest absolute Gasteiger partial charge is 0.483 e. The lowest BCUT2D eigenvalue weighted by Crippen LogP contribution is -2.51. The summed E-state index contributed by atoms with van der Waals surface area (Å²) in [6, 6.07) is 17.7. The van der Waals surface area contributed by atoms with Gasteiger partial charge in [-0.1, -0.05) is 54.1 Å². The number of hydrogen-bond acceptors (Lipinski definition) is 3. The molecular formula is C23H20ClFN2O3. The molecule has 1 saturated heterocycles. The number of nitrogens with zero attached hydrogens (tertiary/aromatic N) is 2. The first-order valence-electron chi connectivity index (χ1n) is 9.66. The van der Waals surface area contributed by atoms with Gasteiger partial charge in [-0.2, -0.15) is 0 Å². The van der Waals surface area contributed by atoms with E-state index in [1.165, 1.54) is 23.1 Å². The van der Waals surface area contributed by atoms with E-state index >= 15 is 0 Å². The van der Waals surface area contributed by atoms with Crippen molar-refractivity contribution in [2.45, 2.75) is 0 Å². The van der Waals surface area contributed by atoms with Crippen LogP contribution in [0.4, 0.5) is 4.39 Å². The van der Waals surface area contributed by atoms with Crippen molar-refractivity contribution >= 4 is 34.2 Å². The fourth-order valence-corrected chi connectivity index (χ4v) is 3.82. The fourth-order valence-electron chi connectivity index (χ4n) is 3.57. The first kappa shape index (κ1) is 20.2. The molecule has 1 aliphatic heterocycles. The Balaban J connectivity index is 1.35. The molecule has 0 bridgehead atoms. The highest BCUT2D eigenvalue weighted by molar-refractivity contribution is 6.33. The predicted octanol–water partition coefficient (Wildman–Crippen LogP) is 4.00. The number of rotatable bonds is 4. The summed E-state index contributed by atoms with van der Waals surface area (Å²) in [6.45, 7) is 1.25. The van der Waals surface area contributed by atoms with Gasteiger partial charge in [0.05, 0.1) is 10.6 Å². The predicted molar refractivity (Wildman–Crippen MR) is 113 cm³/mol. The zero-order valence-electron chi connectivity index (χ0n) is 16.2. The van der Waals surface area contributed by atoms with Crippen molar-refractivity contribution in [3.8, 4) is 5.75 Å². The number of halogens is 2. The summed E-state index contributed by atoms with van der Waals surface area (Å²) in [6.07, 6.45) is 0. The van der Waals surface area contributed by atoms with Gasteiger partial charge in [0.15, 0.2) is 6.61 Å². The first-order chi connectivity index (χ1) is 14.5. The zero-order valence-corrected chi connectivity index (χ0v) is 16.9. The van der Waals surface area contributed by atoms with Gasteiger partial charge in [-0.15, -0.1) is 0 Å². The number of amides is 2. The number of hydrogen-bond donors (Lipinski definition) is 0. The van der Waals surface area contributed by atoms with E-state index in [1.54, 1.807) is 4.90 Å². The van der Waals surface area contributed by atoms with Crippen LogP contribution in [-0.2, 0) is 4.79 Å². The maximum absolute atomic E-state index is 14.0. The van der Waals surface area contributed by atoms with Crippen LogP contribution in [0.2, 0.25) is 5.02 Å². The molecule has 2 amide bonds. The number of benzene rings is 3. The highest BCUT2D eigenvalue weighted by Crippen LogP contribution is 2.25. The molecule has 0 spiro atoms. The molecule has 0 N–H and O–H groups in total. The Labute approximate surface area is 178 Å². The molecule has 7 heteroatoms. The second-order valence-corrected chi connectivity index (χ2v) is 7.44. The highest BCUT2D eigenvalue weighted by atomic mass is 35.5. The Hall–Kier alpha value is -3.12. The zero-order chi connectivity index (χ0) is 21.1. The van der Waals surface area contributed by atoms with Gasteiger partial charge in [-0.3, -0.25) is 9.59 Å². The molecule has 0 unspecified atom stereocenters. The van der Waals surface area contributed by atoms with Crippen molar-refractivity contribution < 1.29 is 18.7 Å². The van der Waals surface area contributed by atoms with Crippen molar-refractivity contribution in [3.05, 3.63) is 77.1 Å². The fraction of sp³-hybridized carbons (Fsp3) is 0.217. The summed E-state index contributed by atoms with van der Waals surface area (Å²) < 4.78 is 19.8. The van der Waals surface area contributed by atoms with Crippen LogP contribution in [0.25, 0.3) is 10.8 Å². The third-order valence-electron chi connectivity index (χ3n) is 5.20. The van der Waals surface area contributed by atoms with Crippen LogP contribution in [0.15, 0.2) is 60.7 Å². The average Bonchev–Trinajstić information content (AvgIpc) is 2.77. The number of carbonyl (C=O) groups is 2. The van der Waals surface area contributed by atoms with Crippen molar-refractivity contribution in [3.63, 3.8) is 0 Å². The molecular weight excluding hydrogens is 407 g/mol. The minimum atomic E-state index is -0.644. The van der Waals surface area contributed by atoms with E-state index in [4.69, 9.17) is 16.3 Å². The lowest BCUT2D eigenvalue weighted by Gasteiger charge is -2.35. The lowest BCUT2D eigenvalue weighted by molar-refractivity contribution is -0.134. The number of fused-ring (bicyclic) bond motifs is 1. The SMILES string of the molecule is O=C(COc1cccc2ccccc12)N1CCN(C(=O)c2c(F)cccc2Cl)CC1. The third-order valence-corrected chi connectivity index (χ3v) is 5.51. The van der Waals surface area contributed by atoms with E-state index in [1.807, 2.05) is 42.5 Å². The van der Waals surface area contributed by atoms with Gasteiger partial charge < -0.3 is 14.5 Å². The first-order valence-corrected chi connectivity index (χ1v) is 10.0. The molecule has 5 nitrogen and oxygen atoms in total. The summed E-state index contributed by atoms with van der Waals surface area (Å²) in [5.74, 6) is -0.602. The molecule has 30 heavy (non-hydrogen) atoms. The normalized spacial score (nSPS) is 14.1. The molecule has 0 saturated carbocycles. The number of carbonyl (C=O) groups excluding carboxylic acids is 2. The van der Waals surface area contributed by atoms with E-state index in [2.05, 4.69) is 0 Å². The standard InChI is InChI=1S/C23H20ClFN2O3/c24-18-8-4-9-19(25)22(18)23(29)27-13-11-26(12-14-27)21(28)15-30-20-10-3-6-16-5-1-2-7-17(16)20/h1-10H,11-15H2. The Bertz CT molecular complexity index is 1070. The molecule has 3 aromatic rings. The Morgan fingerprint density at radius 3 is 2.33 bits per heavy atom. The average molecular weight is 427 g/mol. The molecule has 1 heterocycles. The second kappa shape index (κ2) is 8.71. The molecule has 1 aliphatic rings. The van der Waals surface area contributed by atoms with Crippen LogP contribution in [0, 0.1) is 5.82 Å². The maximum atomic E-state index is 14.0. The molecule has 4 rings (SSSR count). The molecule has 0 radical (unpaired) electrons. The van der Waals surface area contributed by atoms with Gasteiger partial charge in [0.2, 0.25) is 0 Å². The smallest absolute Gasteiger partial charge is 0.260 e. The monoisotopic (exact) mass is 426 g/mol. The molecule has 0 aromatic heterocycles. The van der Waals surface area contributed by atoms with Gasteiger partial charge in [-0.25, -0.2) is 4.39 Å². The summed E-state index contributed by atoms with van der Waals surface area (Å²) in [4.78, 5) is 28.4. The summed E-state index contributed by atoms with van der Waals surface area (Å²) in [5.41, 5.74) is -0.127. The number of ether oxygens (including phenoxy) is 1. The summed E-state index contributed by atoms with van der Waals surface area (Å²) in [5, 5.41) is 2.08. The summed E-state index contributed by atoms with van der Waals surface area (Å²) in [7, 11) is 0. The van der Waals surface area contributed by atoms with Gasteiger partial charge >= 0.3 is 0 Å². The van der Waals surface area contributed by atoms with E-state index in [9.17, 15) is 14.0 Å². The Morgan fingerprint density at radius 2 is 1.57 bits per heavy atom. The van der Waals surface area contributed by atoms with Gasteiger partial charge in [0, 0.05) is 31.6 Å². The van der Waals surface area contributed by atoms with E-state index in [-0.39, 0.29) is 23.1 Å². The van der Waals surface area contributed by atoms with Gasteiger partial charge in [0.1, 0.15) is 11.6 Å². The van der Waals surface area contributed by atoms with E-state index in [0.29, 0.717) is 31.9 Å². The minimum Gasteiger partial charge on any atom is -0.483 e. The summed E-state index contributed by atoms with van der Waals surface area (Å²) >= 11 is 6.00. The van der Waals surface area contributed by atoms with Crippen LogP contribution in [0.1, 0.15) is 10.4 Å². The Kier molecular flexibility index (Phi) is 5.86.